The van der Waals surface area contributed by atoms with Crippen LogP contribution < -0.4 is 0 Å². The van der Waals surface area contributed by atoms with Crippen LogP contribution in [0.15, 0.2) is 12.1 Å². The summed E-state index contributed by atoms with van der Waals surface area (Å²) in [6.45, 7) is 0. The fourth-order valence-corrected chi connectivity index (χ4v) is 3.30. The van der Waals surface area contributed by atoms with E-state index >= 15 is 0 Å². The predicted molar refractivity (Wildman–Crippen MR) is 67.8 cm³/mol. The van der Waals surface area contributed by atoms with Gasteiger partial charge in [0.2, 0.25) is 5.91 Å². The van der Waals surface area contributed by atoms with Crippen molar-refractivity contribution in [2.45, 2.75) is 44.2 Å². The minimum Gasteiger partial charge on any atom is -0.332 e. The molecule has 2 atom stereocenters. The highest BCUT2D eigenvalue weighted by Crippen LogP contribution is 2.38. The van der Waals surface area contributed by atoms with Crippen LogP contribution in [0.5, 0.6) is 0 Å². The van der Waals surface area contributed by atoms with Crippen LogP contribution in [0.4, 0.5) is 13.2 Å². The van der Waals surface area contributed by atoms with Crippen molar-refractivity contribution in [3.05, 3.63) is 35.1 Å². The molecule has 0 aromatic heterocycles. The van der Waals surface area contributed by atoms with Crippen molar-refractivity contribution >= 4 is 11.7 Å². The second-order valence-corrected chi connectivity index (χ2v) is 5.61. The van der Waals surface area contributed by atoms with Crippen LogP contribution in [0.3, 0.4) is 0 Å². The highest BCUT2D eigenvalue weighted by molar-refractivity contribution is 5.85. The summed E-state index contributed by atoms with van der Waals surface area (Å²) in [7, 11) is 0. The maximum absolute atomic E-state index is 13.4. The van der Waals surface area contributed by atoms with Crippen LogP contribution in [0.1, 0.15) is 43.7 Å². The van der Waals surface area contributed by atoms with Crippen LogP contribution in [-0.2, 0) is 9.59 Å². The topological polar surface area (TPSA) is 37.4 Å². The molecule has 3 rings (SSSR count). The molecule has 6 heteroatoms. The third kappa shape index (κ3) is 2.43. The lowest BCUT2D eigenvalue weighted by Crippen LogP contribution is -2.50. The number of benzene rings is 1. The van der Waals surface area contributed by atoms with E-state index in [9.17, 15) is 22.8 Å². The van der Waals surface area contributed by atoms with Gasteiger partial charge in [-0.05, 0) is 30.5 Å². The summed E-state index contributed by atoms with van der Waals surface area (Å²) in [5.41, 5.74) is 0.139. The molecule has 0 saturated carbocycles. The molecule has 21 heavy (non-hydrogen) atoms. The van der Waals surface area contributed by atoms with E-state index in [2.05, 4.69) is 0 Å². The normalized spacial score (nSPS) is 26.0. The van der Waals surface area contributed by atoms with E-state index in [-0.39, 0.29) is 36.1 Å². The van der Waals surface area contributed by atoms with E-state index in [1.54, 1.807) is 4.90 Å². The Morgan fingerprint density at radius 1 is 1.05 bits per heavy atom. The van der Waals surface area contributed by atoms with E-state index in [0.29, 0.717) is 19.3 Å². The van der Waals surface area contributed by atoms with Crippen molar-refractivity contribution in [3.63, 3.8) is 0 Å². The van der Waals surface area contributed by atoms with E-state index in [1.807, 2.05) is 0 Å². The van der Waals surface area contributed by atoms with Crippen LogP contribution in [0.25, 0.3) is 0 Å². The van der Waals surface area contributed by atoms with Crippen molar-refractivity contribution in [1.82, 2.24) is 4.90 Å². The first-order valence-electron chi connectivity index (χ1n) is 6.94. The molecule has 3 nitrogen and oxygen atoms in total. The van der Waals surface area contributed by atoms with E-state index < -0.39 is 23.5 Å². The fourth-order valence-electron chi connectivity index (χ4n) is 3.30. The number of hydrogen-bond acceptors (Lipinski definition) is 2. The molecule has 0 aliphatic carbocycles. The summed E-state index contributed by atoms with van der Waals surface area (Å²) >= 11 is 0. The van der Waals surface area contributed by atoms with E-state index in [1.165, 1.54) is 0 Å². The van der Waals surface area contributed by atoms with Gasteiger partial charge in [0, 0.05) is 25.3 Å². The lowest BCUT2D eigenvalue weighted by atomic mass is 9.85. The highest BCUT2D eigenvalue weighted by Gasteiger charge is 2.40. The number of halogens is 3. The number of amides is 1. The van der Waals surface area contributed by atoms with Gasteiger partial charge in [0.25, 0.3) is 0 Å². The molecule has 2 aliphatic heterocycles. The minimum atomic E-state index is -1.54. The Morgan fingerprint density at radius 2 is 1.71 bits per heavy atom. The summed E-state index contributed by atoms with van der Waals surface area (Å²) in [6.07, 6.45) is 2.10. The molecule has 2 aliphatic rings. The van der Waals surface area contributed by atoms with Gasteiger partial charge in [0.15, 0.2) is 17.5 Å². The van der Waals surface area contributed by atoms with Crippen LogP contribution in [-0.4, -0.2) is 22.6 Å². The Balaban J connectivity index is 2.02. The Kier molecular flexibility index (Phi) is 3.47. The standard InChI is InChI=1S/C15H14F3NO2/c16-11-4-8(5-12(17)15(11)18)13-7-10(20)6-9-2-1-3-14(21)19(9)13/h4-5,9,13H,1-3,6-7H2/t9-,13-/m0/s1. The highest BCUT2D eigenvalue weighted by atomic mass is 19.2. The Morgan fingerprint density at radius 3 is 2.38 bits per heavy atom. The molecule has 1 amide bonds. The first kappa shape index (κ1) is 14.1. The van der Waals surface area contributed by atoms with Gasteiger partial charge in [-0.3, -0.25) is 9.59 Å². The number of piperidine rings is 2. The number of fused-ring (bicyclic) bond motifs is 1. The number of nitrogens with zero attached hydrogens (tertiary/aromatic N) is 1. The summed E-state index contributed by atoms with van der Waals surface area (Å²) in [6, 6.07) is 0.837. The van der Waals surface area contributed by atoms with Crippen LogP contribution in [0, 0.1) is 17.5 Å². The number of carbonyl (C=O) groups excluding carboxylic acids is 2. The van der Waals surface area contributed by atoms with Gasteiger partial charge in [-0.2, -0.15) is 0 Å². The van der Waals surface area contributed by atoms with Crippen LogP contribution in [0.2, 0.25) is 0 Å². The van der Waals surface area contributed by atoms with Gasteiger partial charge in [0.05, 0.1) is 6.04 Å². The SMILES string of the molecule is O=C1C[C@@H]2CCCC(=O)N2[C@H](c2cc(F)c(F)c(F)c2)C1. The largest absolute Gasteiger partial charge is 0.332 e. The molecule has 0 spiro atoms. The summed E-state index contributed by atoms with van der Waals surface area (Å²) in [5, 5.41) is 0. The van der Waals surface area contributed by atoms with Gasteiger partial charge < -0.3 is 4.90 Å². The predicted octanol–water partition coefficient (Wildman–Crippen LogP) is 2.89. The summed E-state index contributed by atoms with van der Waals surface area (Å²) in [5.74, 6) is -4.30. The third-order valence-electron chi connectivity index (χ3n) is 4.22. The third-order valence-corrected chi connectivity index (χ3v) is 4.22. The average Bonchev–Trinajstić information content (AvgIpc) is 2.43. The zero-order chi connectivity index (χ0) is 15.1. The second kappa shape index (κ2) is 5.16. The Hall–Kier alpha value is -1.85. The van der Waals surface area contributed by atoms with E-state index in [4.69, 9.17) is 0 Å². The number of ketones is 1. The van der Waals surface area contributed by atoms with Crippen molar-refractivity contribution < 1.29 is 22.8 Å². The molecule has 1 aromatic carbocycles. The number of carbonyl (C=O) groups is 2. The molecule has 0 N–H and O–H groups in total. The molecule has 2 heterocycles. The van der Waals surface area contributed by atoms with Gasteiger partial charge in [-0.25, -0.2) is 13.2 Å². The molecule has 0 unspecified atom stereocenters. The monoisotopic (exact) mass is 297 g/mol. The number of Topliss-reactive ketones (excluding diaryl/α,β-unsaturated/α-hetero) is 1. The first-order chi connectivity index (χ1) is 9.97. The lowest BCUT2D eigenvalue weighted by Gasteiger charge is -2.44. The zero-order valence-electron chi connectivity index (χ0n) is 11.2. The van der Waals surface area contributed by atoms with E-state index in [0.717, 1.165) is 12.1 Å². The second-order valence-electron chi connectivity index (χ2n) is 5.61. The maximum Gasteiger partial charge on any atom is 0.223 e. The maximum atomic E-state index is 13.4. The Bertz CT molecular complexity index is 594. The lowest BCUT2D eigenvalue weighted by molar-refractivity contribution is -0.145. The van der Waals surface area contributed by atoms with Crippen molar-refractivity contribution in [1.29, 1.82) is 0 Å². The minimum absolute atomic E-state index is 0.0206. The van der Waals surface area contributed by atoms with Gasteiger partial charge in [0.1, 0.15) is 5.78 Å². The van der Waals surface area contributed by atoms with Crippen molar-refractivity contribution in [3.8, 4) is 0 Å². The smallest absolute Gasteiger partial charge is 0.223 e. The molecular weight excluding hydrogens is 283 g/mol. The van der Waals surface area contributed by atoms with Gasteiger partial charge in [-0.1, -0.05) is 0 Å². The zero-order valence-corrected chi connectivity index (χ0v) is 11.2. The van der Waals surface area contributed by atoms with Crippen molar-refractivity contribution in [2.75, 3.05) is 0 Å². The summed E-state index contributed by atoms with van der Waals surface area (Å²) in [4.78, 5) is 25.5. The Labute approximate surface area is 119 Å². The average molecular weight is 297 g/mol. The molecule has 2 saturated heterocycles. The molecule has 1 aromatic rings. The molecule has 0 bridgehead atoms. The molecule has 112 valence electrons. The van der Waals surface area contributed by atoms with Gasteiger partial charge in [-0.15, -0.1) is 0 Å². The number of rotatable bonds is 1. The van der Waals surface area contributed by atoms with Crippen molar-refractivity contribution in [2.24, 2.45) is 0 Å². The molecule has 2 fully saturated rings. The quantitative estimate of drug-likeness (QED) is 0.747. The number of hydrogen-bond donors (Lipinski definition) is 0. The van der Waals surface area contributed by atoms with Gasteiger partial charge >= 0.3 is 0 Å². The fraction of sp³-hybridized carbons (Fsp3) is 0.467. The first-order valence-corrected chi connectivity index (χ1v) is 6.94. The molecule has 0 radical (unpaired) electrons. The molecular formula is C15H14F3NO2. The van der Waals surface area contributed by atoms with Crippen LogP contribution >= 0.6 is 0 Å². The summed E-state index contributed by atoms with van der Waals surface area (Å²) < 4.78 is 39.9.